The minimum absolute atomic E-state index is 0.0171. The van der Waals surface area contributed by atoms with Crippen LogP contribution in [0.25, 0.3) is 0 Å². The highest BCUT2D eigenvalue weighted by Gasteiger charge is 2.45. The van der Waals surface area contributed by atoms with Crippen molar-refractivity contribution in [3.05, 3.63) is 24.3 Å². The van der Waals surface area contributed by atoms with Crippen molar-refractivity contribution in [2.75, 3.05) is 11.4 Å². The zero-order valence-corrected chi connectivity index (χ0v) is 12.6. The third kappa shape index (κ3) is 2.40. The van der Waals surface area contributed by atoms with Gasteiger partial charge in [0.15, 0.2) is 5.60 Å². The van der Waals surface area contributed by atoms with Gasteiger partial charge >= 0.3 is 0 Å². The highest BCUT2D eigenvalue weighted by Crippen LogP contribution is 2.40. The maximum Gasteiger partial charge on any atom is 0.271 e. The lowest BCUT2D eigenvalue weighted by molar-refractivity contribution is -0.136. The van der Waals surface area contributed by atoms with Gasteiger partial charge in [-0.1, -0.05) is 32.9 Å². The number of nitrogens with zero attached hydrogens (tertiary/aromatic N) is 1. The summed E-state index contributed by atoms with van der Waals surface area (Å²) in [4.78, 5) is 14.7. The standard InChI is InChI=1S/C16H24N2O2/c1-4-12(17)11-18-13-9-7-8-10-14(13)20-16(5-2,6-3)15(18)19/h7-10,12H,4-6,11,17H2,1-3H3. The van der Waals surface area contributed by atoms with E-state index in [1.807, 2.05) is 45.0 Å². The highest BCUT2D eigenvalue weighted by atomic mass is 16.5. The number of carbonyl (C=O) groups excluding carboxylic acids is 1. The van der Waals surface area contributed by atoms with Crippen LogP contribution < -0.4 is 15.4 Å². The largest absolute Gasteiger partial charge is 0.475 e. The Bertz CT molecular complexity index is 483. The molecule has 1 amide bonds. The Labute approximate surface area is 120 Å². The van der Waals surface area contributed by atoms with Crippen LogP contribution in [0.15, 0.2) is 24.3 Å². The van der Waals surface area contributed by atoms with E-state index in [4.69, 9.17) is 10.5 Å². The summed E-state index contributed by atoms with van der Waals surface area (Å²) in [5, 5.41) is 0. The van der Waals surface area contributed by atoms with Gasteiger partial charge in [-0.05, 0) is 31.4 Å². The lowest BCUT2D eigenvalue weighted by Crippen LogP contribution is -2.57. The van der Waals surface area contributed by atoms with E-state index >= 15 is 0 Å². The van der Waals surface area contributed by atoms with Gasteiger partial charge in [0.25, 0.3) is 5.91 Å². The number of para-hydroxylation sites is 2. The van der Waals surface area contributed by atoms with Crippen molar-refractivity contribution in [3.63, 3.8) is 0 Å². The van der Waals surface area contributed by atoms with E-state index in [2.05, 4.69) is 0 Å². The van der Waals surface area contributed by atoms with Crippen molar-refractivity contribution in [1.29, 1.82) is 0 Å². The lowest BCUT2D eigenvalue weighted by atomic mass is 9.92. The van der Waals surface area contributed by atoms with Gasteiger partial charge in [0.2, 0.25) is 0 Å². The van der Waals surface area contributed by atoms with Crippen LogP contribution in [0.1, 0.15) is 40.0 Å². The number of fused-ring (bicyclic) bond motifs is 1. The average Bonchev–Trinajstić information content (AvgIpc) is 2.49. The first-order chi connectivity index (χ1) is 9.57. The van der Waals surface area contributed by atoms with Crippen LogP contribution in [-0.2, 0) is 4.79 Å². The number of hydrogen-bond acceptors (Lipinski definition) is 3. The van der Waals surface area contributed by atoms with Crippen molar-refractivity contribution >= 4 is 11.6 Å². The predicted octanol–water partition coefficient (Wildman–Crippen LogP) is 2.71. The molecule has 0 saturated carbocycles. The maximum absolute atomic E-state index is 12.9. The third-order valence-corrected chi connectivity index (χ3v) is 4.18. The molecular weight excluding hydrogens is 252 g/mol. The molecule has 20 heavy (non-hydrogen) atoms. The van der Waals surface area contributed by atoms with Crippen molar-refractivity contribution in [2.45, 2.75) is 51.7 Å². The molecule has 1 aliphatic heterocycles. The van der Waals surface area contributed by atoms with E-state index in [1.165, 1.54) is 0 Å². The zero-order valence-electron chi connectivity index (χ0n) is 12.6. The predicted molar refractivity (Wildman–Crippen MR) is 81.0 cm³/mol. The van der Waals surface area contributed by atoms with Crippen LogP contribution in [0.4, 0.5) is 5.69 Å². The summed E-state index contributed by atoms with van der Waals surface area (Å²) in [6.07, 6.45) is 2.17. The number of amides is 1. The summed E-state index contributed by atoms with van der Waals surface area (Å²) >= 11 is 0. The lowest BCUT2D eigenvalue weighted by Gasteiger charge is -2.42. The molecule has 2 rings (SSSR count). The molecule has 2 N–H and O–H groups in total. The fourth-order valence-corrected chi connectivity index (χ4v) is 2.62. The van der Waals surface area contributed by atoms with E-state index < -0.39 is 5.60 Å². The van der Waals surface area contributed by atoms with Crippen molar-refractivity contribution in [3.8, 4) is 5.75 Å². The first kappa shape index (κ1) is 14.9. The average molecular weight is 276 g/mol. The Hall–Kier alpha value is -1.55. The second-order valence-corrected chi connectivity index (χ2v) is 5.36. The van der Waals surface area contributed by atoms with Gasteiger partial charge in [0, 0.05) is 12.6 Å². The molecule has 0 fully saturated rings. The van der Waals surface area contributed by atoms with E-state index in [1.54, 1.807) is 4.90 Å². The van der Waals surface area contributed by atoms with Gasteiger partial charge in [0.05, 0.1) is 5.69 Å². The normalized spacial score (nSPS) is 18.4. The molecule has 110 valence electrons. The Kier molecular flexibility index (Phi) is 4.33. The number of anilines is 1. The molecule has 0 radical (unpaired) electrons. The monoisotopic (exact) mass is 276 g/mol. The van der Waals surface area contributed by atoms with Crippen LogP contribution in [0.2, 0.25) is 0 Å². The van der Waals surface area contributed by atoms with E-state index in [0.29, 0.717) is 19.4 Å². The zero-order chi connectivity index (χ0) is 14.8. The number of benzene rings is 1. The quantitative estimate of drug-likeness (QED) is 0.899. The smallest absolute Gasteiger partial charge is 0.271 e. The molecule has 1 atom stereocenters. The number of ether oxygens (including phenoxy) is 1. The molecule has 1 aromatic carbocycles. The minimum Gasteiger partial charge on any atom is -0.475 e. The molecule has 0 aliphatic carbocycles. The van der Waals surface area contributed by atoms with Gasteiger partial charge in [-0.25, -0.2) is 0 Å². The molecule has 0 bridgehead atoms. The molecule has 1 unspecified atom stereocenters. The van der Waals surface area contributed by atoms with Gasteiger partial charge < -0.3 is 15.4 Å². The van der Waals surface area contributed by atoms with Gasteiger partial charge in [-0.3, -0.25) is 4.79 Å². The molecular formula is C16H24N2O2. The molecule has 0 spiro atoms. The SMILES string of the molecule is CCC(N)CN1C(=O)C(CC)(CC)Oc2ccccc21. The second-order valence-electron chi connectivity index (χ2n) is 5.36. The molecule has 4 nitrogen and oxygen atoms in total. The Morgan fingerprint density at radius 2 is 1.90 bits per heavy atom. The van der Waals surface area contributed by atoms with Crippen molar-refractivity contribution < 1.29 is 9.53 Å². The minimum atomic E-state index is -0.748. The first-order valence-corrected chi connectivity index (χ1v) is 7.43. The third-order valence-electron chi connectivity index (χ3n) is 4.18. The van der Waals surface area contributed by atoms with E-state index in [9.17, 15) is 4.79 Å². The van der Waals surface area contributed by atoms with Crippen LogP contribution >= 0.6 is 0 Å². The topological polar surface area (TPSA) is 55.6 Å². The number of hydrogen-bond donors (Lipinski definition) is 1. The fourth-order valence-electron chi connectivity index (χ4n) is 2.62. The Balaban J connectivity index is 2.44. The molecule has 4 heteroatoms. The Morgan fingerprint density at radius 1 is 1.25 bits per heavy atom. The Morgan fingerprint density at radius 3 is 2.50 bits per heavy atom. The fraction of sp³-hybridized carbons (Fsp3) is 0.562. The summed E-state index contributed by atoms with van der Waals surface area (Å²) < 4.78 is 6.04. The van der Waals surface area contributed by atoms with Crippen LogP contribution in [-0.4, -0.2) is 24.1 Å². The molecule has 1 heterocycles. The van der Waals surface area contributed by atoms with Crippen LogP contribution in [0, 0.1) is 0 Å². The first-order valence-electron chi connectivity index (χ1n) is 7.43. The molecule has 0 saturated heterocycles. The van der Waals surface area contributed by atoms with Crippen LogP contribution in [0.3, 0.4) is 0 Å². The highest BCUT2D eigenvalue weighted by molar-refractivity contribution is 6.02. The van der Waals surface area contributed by atoms with Crippen molar-refractivity contribution in [2.24, 2.45) is 5.73 Å². The molecule has 1 aromatic rings. The maximum atomic E-state index is 12.9. The van der Waals surface area contributed by atoms with E-state index in [0.717, 1.165) is 17.9 Å². The molecule has 1 aliphatic rings. The van der Waals surface area contributed by atoms with Crippen LogP contribution in [0.5, 0.6) is 5.75 Å². The second kappa shape index (κ2) is 5.83. The molecule has 0 aromatic heterocycles. The number of carbonyl (C=O) groups is 1. The van der Waals surface area contributed by atoms with Crippen molar-refractivity contribution in [1.82, 2.24) is 0 Å². The summed E-state index contributed by atoms with van der Waals surface area (Å²) in [6, 6.07) is 7.68. The number of nitrogens with two attached hydrogens (primary N) is 1. The van der Waals surface area contributed by atoms with E-state index in [-0.39, 0.29) is 11.9 Å². The summed E-state index contributed by atoms with van der Waals surface area (Å²) in [7, 11) is 0. The summed E-state index contributed by atoms with van der Waals surface area (Å²) in [6.45, 7) is 6.56. The van der Waals surface area contributed by atoms with Gasteiger partial charge in [-0.2, -0.15) is 0 Å². The number of rotatable bonds is 5. The van der Waals surface area contributed by atoms with Gasteiger partial charge in [0.1, 0.15) is 5.75 Å². The van der Waals surface area contributed by atoms with Gasteiger partial charge in [-0.15, -0.1) is 0 Å². The summed E-state index contributed by atoms with van der Waals surface area (Å²) in [5.74, 6) is 0.809. The summed E-state index contributed by atoms with van der Waals surface area (Å²) in [5.41, 5.74) is 6.14.